The predicted molar refractivity (Wildman–Crippen MR) is 122 cm³/mol. The number of methoxy groups -OCH3 is 2. The number of nitrogens with zero attached hydrogens (tertiary/aromatic N) is 1. The Morgan fingerprint density at radius 3 is 2.17 bits per heavy atom. The van der Waals surface area contributed by atoms with Gasteiger partial charge in [0, 0.05) is 18.5 Å². The maximum atomic E-state index is 12.9. The highest BCUT2D eigenvalue weighted by atomic mass is 32.2. The summed E-state index contributed by atoms with van der Waals surface area (Å²) < 4.78 is 10.6. The maximum Gasteiger partial charge on any atom is 0.226 e. The van der Waals surface area contributed by atoms with E-state index in [1.165, 1.54) is 10.5 Å². The molecule has 3 aromatic carbocycles. The molecule has 0 aliphatic carbocycles. The van der Waals surface area contributed by atoms with Crippen molar-refractivity contribution in [1.29, 1.82) is 0 Å². The monoisotopic (exact) mass is 421 g/mol. The van der Waals surface area contributed by atoms with Crippen LogP contribution in [0.15, 0.2) is 83.8 Å². The minimum absolute atomic E-state index is 0.0665. The summed E-state index contributed by atoms with van der Waals surface area (Å²) >= 11 is 1.77. The van der Waals surface area contributed by atoms with Gasteiger partial charge in [0.1, 0.15) is 0 Å². The summed E-state index contributed by atoms with van der Waals surface area (Å²) in [5.74, 6) is 1.36. The van der Waals surface area contributed by atoms with Crippen LogP contribution >= 0.6 is 11.8 Å². The molecule has 0 aromatic heterocycles. The van der Waals surface area contributed by atoms with Crippen molar-refractivity contribution in [2.45, 2.75) is 16.6 Å². The van der Waals surface area contributed by atoms with Crippen LogP contribution in [0.4, 0.5) is 0 Å². The molecule has 0 N–H and O–H groups in total. The third-order valence-electron chi connectivity index (χ3n) is 4.86. The highest BCUT2D eigenvalue weighted by Gasteiger charge is 2.19. The second-order valence-corrected chi connectivity index (χ2v) is 8.25. The van der Waals surface area contributed by atoms with Gasteiger partial charge in [-0.2, -0.15) is 0 Å². The second-order valence-electron chi connectivity index (χ2n) is 6.97. The number of amides is 1. The first-order valence-corrected chi connectivity index (χ1v) is 10.7. The summed E-state index contributed by atoms with van der Waals surface area (Å²) in [6.45, 7) is 0.621. The zero-order valence-electron chi connectivity index (χ0n) is 17.6. The first-order valence-electron chi connectivity index (χ1n) is 9.82. The lowest BCUT2D eigenvalue weighted by molar-refractivity contribution is -0.129. The molecule has 156 valence electrons. The van der Waals surface area contributed by atoms with Crippen molar-refractivity contribution in [2.75, 3.05) is 27.8 Å². The van der Waals surface area contributed by atoms with Crippen molar-refractivity contribution in [3.05, 3.63) is 90.0 Å². The van der Waals surface area contributed by atoms with E-state index >= 15 is 0 Å². The zero-order valence-corrected chi connectivity index (χ0v) is 18.4. The summed E-state index contributed by atoms with van der Waals surface area (Å²) in [5, 5.41) is 0.146. The second kappa shape index (κ2) is 10.7. The Morgan fingerprint density at radius 2 is 1.53 bits per heavy atom. The number of benzene rings is 3. The van der Waals surface area contributed by atoms with Crippen molar-refractivity contribution >= 4 is 17.7 Å². The summed E-state index contributed by atoms with van der Waals surface area (Å²) in [6.07, 6.45) is 0.314. The standard InChI is InChI=1S/C25H27NO3S/c1-26(25(27)17-19-14-15-22(28-2)23(16-19)29-3)18-24(20-10-6-4-7-11-20)30-21-12-8-5-9-13-21/h4-16,24H,17-18H2,1-3H3. The summed E-state index contributed by atoms with van der Waals surface area (Å²) in [4.78, 5) is 15.9. The Morgan fingerprint density at radius 1 is 0.900 bits per heavy atom. The lowest BCUT2D eigenvalue weighted by Gasteiger charge is -2.25. The van der Waals surface area contributed by atoms with E-state index < -0.39 is 0 Å². The molecule has 3 rings (SSSR count). The molecule has 1 amide bonds. The number of hydrogen-bond donors (Lipinski definition) is 0. The number of hydrogen-bond acceptors (Lipinski definition) is 4. The molecule has 0 heterocycles. The number of likely N-dealkylation sites (N-methyl/N-ethyl adjacent to an activating group) is 1. The zero-order chi connectivity index (χ0) is 21.3. The molecule has 0 aliphatic rings. The molecule has 30 heavy (non-hydrogen) atoms. The Labute approximate surface area is 182 Å². The molecule has 0 aliphatic heterocycles. The number of thioether (sulfide) groups is 1. The average Bonchev–Trinajstić information content (AvgIpc) is 2.79. The largest absolute Gasteiger partial charge is 0.493 e. The molecule has 0 bridgehead atoms. The van der Waals surface area contributed by atoms with Crippen LogP contribution in [0.5, 0.6) is 11.5 Å². The third-order valence-corrected chi connectivity index (χ3v) is 6.11. The van der Waals surface area contributed by atoms with Crippen LogP contribution in [0.2, 0.25) is 0 Å². The molecule has 0 radical (unpaired) electrons. The van der Waals surface area contributed by atoms with E-state index in [2.05, 4.69) is 24.3 Å². The Balaban J connectivity index is 1.71. The predicted octanol–water partition coefficient (Wildman–Crippen LogP) is 5.24. The smallest absolute Gasteiger partial charge is 0.226 e. The Hall–Kier alpha value is -2.92. The van der Waals surface area contributed by atoms with E-state index in [1.807, 2.05) is 66.5 Å². The van der Waals surface area contributed by atoms with Crippen molar-refractivity contribution in [1.82, 2.24) is 4.90 Å². The van der Waals surface area contributed by atoms with Gasteiger partial charge >= 0.3 is 0 Å². The molecular formula is C25H27NO3S. The van der Waals surface area contributed by atoms with Crippen LogP contribution in [-0.2, 0) is 11.2 Å². The van der Waals surface area contributed by atoms with Crippen molar-refractivity contribution in [2.24, 2.45) is 0 Å². The van der Waals surface area contributed by atoms with Crippen LogP contribution in [0, 0.1) is 0 Å². The Bertz CT molecular complexity index is 947. The van der Waals surface area contributed by atoms with E-state index in [4.69, 9.17) is 9.47 Å². The number of ether oxygens (including phenoxy) is 2. The van der Waals surface area contributed by atoms with Crippen LogP contribution in [-0.4, -0.2) is 38.6 Å². The van der Waals surface area contributed by atoms with Crippen LogP contribution in [0.3, 0.4) is 0 Å². The van der Waals surface area contributed by atoms with Gasteiger partial charge in [-0.25, -0.2) is 0 Å². The Kier molecular flexibility index (Phi) is 7.80. The van der Waals surface area contributed by atoms with Gasteiger partial charge in [0.15, 0.2) is 11.5 Å². The van der Waals surface area contributed by atoms with Crippen LogP contribution in [0.1, 0.15) is 16.4 Å². The number of carbonyl (C=O) groups excluding carboxylic acids is 1. The lowest BCUT2D eigenvalue weighted by atomic mass is 10.1. The highest BCUT2D eigenvalue weighted by Crippen LogP contribution is 2.35. The highest BCUT2D eigenvalue weighted by molar-refractivity contribution is 7.99. The van der Waals surface area contributed by atoms with Gasteiger partial charge in [0.05, 0.1) is 25.9 Å². The van der Waals surface area contributed by atoms with Crippen molar-refractivity contribution in [3.8, 4) is 11.5 Å². The van der Waals surface area contributed by atoms with Gasteiger partial charge in [-0.1, -0.05) is 54.6 Å². The van der Waals surface area contributed by atoms with Gasteiger partial charge in [0.25, 0.3) is 0 Å². The molecule has 1 unspecified atom stereocenters. The molecule has 0 saturated carbocycles. The fraction of sp³-hybridized carbons (Fsp3) is 0.240. The topological polar surface area (TPSA) is 38.8 Å². The van der Waals surface area contributed by atoms with Crippen LogP contribution < -0.4 is 9.47 Å². The molecule has 1 atom stereocenters. The van der Waals surface area contributed by atoms with E-state index in [1.54, 1.807) is 26.0 Å². The van der Waals surface area contributed by atoms with E-state index in [0.29, 0.717) is 24.5 Å². The number of carbonyl (C=O) groups is 1. The van der Waals surface area contributed by atoms with Gasteiger partial charge in [0.2, 0.25) is 5.91 Å². The van der Waals surface area contributed by atoms with Crippen LogP contribution in [0.25, 0.3) is 0 Å². The van der Waals surface area contributed by atoms with Gasteiger partial charge in [-0.15, -0.1) is 11.8 Å². The fourth-order valence-electron chi connectivity index (χ4n) is 3.19. The first-order chi connectivity index (χ1) is 14.6. The SMILES string of the molecule is COc1ccc(CC(=O)N(C)CC(Sc2ccccc2)c2ccccc2)cc1OC. The van der Waals surface area contributed by atoms with Gasteiger partial charge < -0.3 is 14.4 Å². The molecule has 5 heteroatoms. The molecule has 3 aromatic rings. The van der Waals surface area contributed by atoms with E-state index in [0.717, 1.165) is 5.56 Å². The van der Waals surface area contributed by atoms with E-state index in [9.17, 15) is 4.79 Å². The molecule has 4 nitrogen and oxygen atoms in total. The lowest BCUT2D eigenvalue weighted by Crippen LogP contribution is -2.31. The minimum Gasteiger partial charge on any atom is -0.493 e. The van der Waals surface area contributed by atoms with Gasteiger partial charge in [-0.05, 0) is 35.4 Å². The molecule has 0 saturated heterocycles. The maximum absolute atomic E-state index is 12.9. The summed E-state index contributed by atoms with van der Waals surface area (Å²) in [6, 6.07) is 26.2. The third kappa shape index (κ3) is 5.80. The number of rotatable bonds is 9. The average molecular weight is 422 g/mol. The quantitative estimate of drug-likeness (QED) is 0.443. The molecule has 0 fully saturated rings. The summed E-state index contributed by atoms with van der Waals surface area (Å²) in [5.41, 5.74) is 2.11. The molecule has 0 spiro atoms. The van der Waals surface area contributed by atoms with Gasteiger partial charge in [-0.3, -0.25) is 4.79 Å². The fourth-order valence-corrected chi connectivity index (χ4v) is 4.43. The first kappa shape index (κ1) is 21.8. The van der Waals surface area contributed by atoms with E-state index in [-0.39, 0.29) is 11.2 Å². The normalized spacial score (nSPS) is 11.6. The minimum atomic E-state index is 0.0665. The van der Waals surface area contributed by atoms with Crippen molar-refractivity contribution in [3.63, 3.8) is 0 Å². The van der Waals surface area contributed by atoms with Crippen molar-refractivity contribution < 1.29 is 14.3 Å². The summed E-state index contributed by atoms with van der Waals surface area (Å²) in [7, 11) is 5.07. The molecular weight excluding hydrogens is 394 g/mol.